The quantitative estimate of drug-likeness (QED) is 0.600. The maximum absolute atomic E-state index is 2.57. The topological polar surface area (TPSA) is 0 Å². The first-order valence-electron chi connectivity index (χ1n) is 7.39. The van der Waals surface area contributed by atoms with Gasteiger partial charge in [-0.25, -0.2) is 0 Å². The van der Waals surface area contributed by atoms with Gasteiger partial charge in [0.1, 0.15) is 0 Å². The fraction of sp³-hybridized carbons (Fsp3) is 0.556. The van der Waals surface area contributed by atoms with Crippen molar-refractivity contribution in [2.45, 2.75) is 46.0 Å². The smallest absolute Gasteiger partial charge is 0.00959 e. The summed E-state index contributed by atoms with van der Waals surface area (Å²) in [6, 6.07) is 9.25. The van der Waals surface area contributed by atoms with Gasteiger partial charge in [0.05, 0.1) is 0 Å². The first-order valence-corrected chi connectivity index (χ1v) is 7.39. The van der Waals surface area contributed by atoms with Gasteiger partial charge >= 0.3 is 0 Å². The van der Waals surface area contributed by atoms with Crippen LogP contribution in [0.25, 0.3) is 0 Å². The Morgan fingerprint density at radius 3 is 2.44 bits per heavy atom. The molecule has 0 aromatic heterocycles. The van der Waals surface area contributed by atoms with Crippen LogP contribution in [0.1, 0.15) is 50.2 Å². The number of fused-ring (bicyclic) bond motifs is 1. The number of benzene rings is 1. The van der Waals surface area contributed by atoms with Gasteiger partial charge in [-0.1, -0.05) is 48.4 Å². The van der Waals surface area contributed by atoms with E-state index < -0.39 is 0 Å². The van der Waals surface area contributed by atoms with Crippen molar-refractivity contribution in [1.82, 2.24) is 0 Å². The molecule has 0 heteroatoms. The molecule has 3 rings (SSSR count). The van der Waals surface area contributed by atoms with Gasteiger partial charge in [0.25, 0.3) is 0 Å². The predicted octanol–water partition coefficient (Wildman–Crippen LogP) is 5.09. The van der Waals surface area contributed by atoms with Crippen molar-refractivity contribution in [2.24, 2.45) is 17.8 Å². The van der Waals surface area contributed by atoms with Crippen molar-refractivity contribution in [3.8, 4) is 0 Å². The number of rotatable bonds is 1. The highest BCUT2D eigenvalue weighted by molar-refractivity contribution is 5.29. The average molecular weight is 240 g/mol. The molecule has 0 saturated heterocycles. The maximum Gasteiger partial charge on any atom is -0.00959 e. The highest BCUT2D eigenvalue weighted by Crippen LogP contribution is 2.50. The van der Waals surface area contributed by atoms with Crippen LogP contribution in [-0.2, 0) is 0 Å². The van der Waals surface area contributed by atoms with Gasteiger partial charge in [0, 0.05) is 0 Å². The highest BCUT2D eigenvalue weighted by atomic mass is 14.4. The van der Waals surface area contributed by atoms with Gasteiger partial charge < -0.3 is 0 Å². The summed E-state index contributed by atoms with van der Waals surface area (Å²) in [5.74, 6) is 3.39. The summed E-state index contributed by atoms with van der Waals surface area (Å²) in [5.41, 5.74) is 4.56. The zero-order chi connectivity index (χ0) is 12.7. The van der Waals surface area contributed by atoms with Crippen LogP contribution in [0.4, 0.5) is 0 Å². The zero-order valence-electron chi connectivity index (χ0n) is 11.8. The zero-order valence-corrected chi connectivity index (χ0v) is 11.8. The van der Waals surface area contributed by atoms with Gasteiger partial charge in [0.15, 0.2) is 0 Å². The van der Waals surface area contributed by atoms with E-state index in [4.69, 9.17) is 0 Å². The standard InChI is InChI=1S/C18H24/c1-12-4-7-15(8-5-12)16-9-6-14(3)17-10-13(2)11-18(16)17/h4-5,7-8,11,14,16-18H,6,9-10H2,1-3H3/t14-,16+,17?,18?/m1/s1. The molecule has 0 N–H and O–H groups in total. The molecule has 0 radical (unpaired) electrons. The summed E-state index contributed by atoms with van der Waals surface area (Å²) in [5, 5.41) is 0. The fourth-order valence-corrected chi connectivity index (χ4v) is 4.07. The van der Waals surface area contributed by atoms with Crippen LogP contribution < -0.4 is 0 Å². The van der Waals surface area contributed by atoms with Crippen LogP contribution in [0.3, 0.4) is 0 Å². The van der Waals surface area contributed by atoms with E-state index >= 15 is 0 Å². The Bertz CT molecular complexity index is 451. The molecule has 0 aliphatic heterocycles. The monoisotopic (exact) mass is 240 g/mol. The average Bonchev–Trinajstić information content (AvgIpc) is 2.74. The molecule has 1 aromatic rings. The van der Waals surface area contributed by atoms with E-state index in [0.717, 1.165) is 23.7 Å². The first kappa shape index (κ1) is 12.0. The second-order valence-electron chi connectivity index (χ2n) is 6.53. The summed E-state index contributed by atoms with van der Waals surface area (Å²) in [4.78, 5) is 0. The first-order chi connectivity index (χ1) is 8.65. The van der Waals surface area contributed by atoms with Gasteiger partial charge in [-0.3, -0.25) is 0 Å². The van der Waals surface area contributed by atoms with Crippen molar-refractivity contribution in [3.05, 3.63) is 47.0 Å². The Morgan fingerprint density at radius 1 is 1.00 bits per heavy atom. The predicted molar refractivity (Wildman–Crippen MR) is 77.7 cm³/mol. The molecule has 96 valence electrons. The number of hydrogen-bond acceptors (Lipinski definition) is 0. The SMILES string of the molecule is CC1=CC2C(C1)[C@H](C)CC[C@H]2c1ccc(C)cc1. The van der Waals surface area contributed by atoms with Crippen LogP contribution in [0.2, 0.25) is 0 Å². The van der Waals surface area contributed by atoms with E-state index in [1.54, 1.807) is 11.1 Å². The molecule has 1 fully saturated rings. The van der Waals surface area contributed by atoms with Crippen LogP contribution >= 0.6 is 0 Å². The molecular formula is C18H24. The van der Waals surface area contributed by atoms with Crippen LogP contribution in [0.15, 0.2) is 35.9 Å². The van der Waals surface area contributed by atoms with E-state index in [1.165, 1.54) is 24.8 Å². The second-order valence-corrected chi connectivity index (χ2v) is 6.53. The number of aryl methyl sites for hydroxylation is 1. The van der Waals surface area contributed by atoms with Crippen LogP contribution in [0.5, 0.6) is 0 Å². The maximum atomic E-state index is 2.57. The molecule has 4 atom stereocenters. The van der Waals surface area contributed by atoms with Crippen molar-refractivity contribution in [2.75, 3.05) is 0 Å². The lowest BCUT2D eigenvalue weighted by Gasteiger charge is -2.38. The third kappa shape index (κ3) is 2.02. The number of allylic oxidation sites excluding steroid dienone is 2. The van der Waals surface area contributed by atoms with E-state index in [0.29, 0.717) is 0 Å². The lowest BCUT2D eigenvalue weighted by molar-refractivity contribution is 0.187. The Hall–Kier alpha value is -1.04. The van der Waals surface area contributed by atoms with Crippen LogP contribution in [-0.4, -0.2) is 0 Å². The summed E-state index contributed by atoms with van der Waals surface area (Å²) in [6.45, 7) is 6.95. The lowest BCUT2D eigenvalue weighted by atomic mass is 9.66. The normalized spacial score (nSPS) is 35.2. The molecule has 2 aliphatic rings. The van der Waals surface area contributed by atoms with E-state index in [9.17, 15) is 0 Å². The molecule has 0 nitrogen and oxygen atoms in total. The Morgan fingerprint density at radius 2 is 1.72 bits per heavy atom. The van der Waals surface area contributed by atoms with E-state index in [2.05, 4.69) is 51.1 Å². The van der Waals surface area contributed by atoms with E-state index in [1.807, 2.05) is 0 Å². The molecule has 1 saturated carbocycles. The fourth-order valence-electron chi connectivity index (χ4n) is 4.07. The molecule has 0 heterocycles. The minimum absolute atomic E-state index is 0.768. The largest absolute Gasteiger partial charge is 0.0816 e. The van der Waals surface area contributed by atoms with Crippen molar-refractivity contribution in [1.29, 1.82) is 0 Å². The van der Waals surface area contributed by atoms with Crippen LogP contribution in [0, 0.1) is 24.7 Å². The van der Waals surface area contributed by atoms with Crippen molar-refractivity contribution >= 4 is 0 Å². The van der Waals surface area contributed by atoms with Gasteiger partial charge in [0.2, 0.25) is 0 Å². The van der Waals surface area contributed by atoms with Crippen molar-refractivity contribution < 1.29 is 0 Å². The third-order valence-electron chi connectivity index (χ3n) is 5.16. The molecule has 0 amide bonds. The molecule has 1 aromatic carbocycles. The third-order valence-corrected chi connectivity index (χ3v) is 5.16. The van der Waals surface area contributed by atoms with Gasteiger partial charge in [-0.05, 0) is 62.3 Å². The summed E-state index contributed by atoms with van der Waals surface area (Å²) in [7, 11) is 0. The Kier molecular flexibility index (Phi) is 3.05. The molecule has 2 unspecified atom stereocenters. The van der Waals surface area contributed by atoms with Crippen molar-refractivity contribution in [3.63, 3.8) is 0 Å². The van der Waals surface area contributed by atoms with Gasteiger partial charge in [-0.2, -0.15) is 0 Å². The molecule has 2 aliphatic carbocycles. The Balaban J connectivity index is 1.90. The lowest BCUT2D eigenvalue weighted by Crippen LogP contribution is -2.28. The highest BCUT2D eigenvalue weighted by Gasteiger charge is 2.39. The molecule has 18 heavy (non-hydrogen) atoms. The summed E-state index contributed by atoms with van der Waals surface area (Å²) in [6.07, 6.45) is 6.69. The molecule has 0 spiro atoms. The minimum atomic E-state index is 0.768. The molecule has 0 bridgehead atoms. The summed E-state index contributed by atoms with van der Waals surface area (Å²) >= 11 is 0. The second kappa shape index (κ2) is 4.57. The Labute approximate surface area is 111 Å². The minimum Gasteiger partial charge on any atom is -0.0816 e. The van der Waals surface area contributed by atoms with E-state index in [-0.39, 0.29) is 0 Å². The molecular weight excluding hydrogens is 216 g/mol. The number of hydrogen-bond donors (Lipinski definition) is 0. The summed E-state index contributed by atoms with van der Waals surface area (Å²) < 4.78 is 0. The van der Waals surface area contributed by atoms with Gasteiger partial charge in [-0.15, -0.1) is 0 Å².